The maximum absolute atomic E-state index is 6.95. The van der Waals surface area contributed by atoms with Crippen LogP contribution in [0.1, 0.15) is 0 Å². The molecule has 5 heteroatoms. The standard InChI is InChI=1S/C6H8N4S/c7-5(8)4-11-6-3-9-1-2-10-6/h1-3H,4H2,(H3,7,8). The molecule has 0 saturated heterocycles. The lowest BCUT2D eigenvalue weighted by atomic mass is 10.7. The van der Waals surface area contributed by atoms with Gasteiger partial charge >= 0.3 is 0 Å². The van der Waals surface area contributed by atoms with Crippen LogP contribution < -0.4 is 5.73 Å². The zero-order valence-corrected chi connectivity index (χ0v) is 6.64. The number of hydrogen-bond acceptors (Lipinski definition) is 4. The van der Waals surface area contributed by atoms with Crippen molar-refractivity contribution in [2.45, 2.75) is 5.03 Å². The molecule has 0 aromatic carbocycles. The summed E-state index contributed by atoms with van der Waals surface area (Å²) in [6.07, 6.45) is 4.87. The molecule has 0 aliphatic carbocycles. The van der Waals surface area contributed by atoms with Gasteiger partial charge in [0.15, 0.2) is 0 Å². The molecule has 4 nitrogen and oxygen atoms in total. The summed E-state index contributed by atoms with van der Waals surface area (Å²) in [5.74, 6) is 0.624. The molecule has 0 fully saturated rings. The van der Waals surface area contributed by atoms with Crippen LogP contribution in [0, 0.1) is 5.41 Å². The highest BCUT2D eigenvalue weighted by atomic mass is 32.2. The van der Waals surface area contributed by atoms with Gasteiger partial charge in [0.2, 0.25) is 0 Å². The zero-order valence-electron chi connectivity index (χ0n) is 5.82. The molecule has 0 atom stereocenters. The number of rotatable bonds is 3. The third-order valence-corrected chi connectivity index (χ3v) is 1.88. The van der Waals surface area contributed by atoms with E-state index in [1.54, 1.807) is 18.6 Å². The molecule has 0 aliphatic heterocycles. The molecule has 0 amide bonds. The molecule has 0 unspecified atom stereocenters. The molecule has 0 saturated carbocycles. The molecular weight excluding hydrogens is 160 g/mol. The highest BCUT2D eigenvalue weighted by Crippen LogP contribution is 2.11. The van der Waals surface area contributed by atoms with Gasteiger partial charge in [-0.15, -0.1) is 0 Å². The summed E-state index contributed by atoms with van der Waals surface area (Å²) >= 11 is 1.41. The van der Waals surface area contributed by atoms with E-state index in [-0.39, 0.29) is 5.84 Å². The Kier molecular flexibility index (Phi) is 2.85. The third kappa shape index (κ3) is 2.99. The second-order valence-electron chi connectivity index (χ2n) is 1.86. The van der Waals surface area contributed by atoms with Crippen molar-refractivity contribution in [3.63, 3.8) is 0 Å². The fourth-order valence-electron chi connectivity index (χ4n) is 0.512. The van der Waals surface area contributed by atoms with Crippen molar-refractivity contribution in [1.29, 1.82) is 5.41 Å². The van der Waals surface area contributed by atoms with Crippen LogP contribution in [0.5, 0.6) is 0 Å². The minimum absolute atomic E-state index is 0.153. The SMILES string of the molecule is N=C(N)CSc1cnccn1. The summed E-state index contributed by atoms with van der Waals surface area (Å²) < 4.78 is 0. The molecule has 0 bridgehead atoms. The highest BCUT2D eigenvalue weighted by molar-refractivity contribution is 7.99. The Hall–Kier alpha value is -1.10. The van der Waals surface area contributed by atoms with Crippen molar-refractivity contribution in [3.8, 4) is 0 Å². The Morgan fingerprint density at radius 3 is 3.00 bits per heavy atom. The molecular formula is C6H8N4S. The van der Waals surface area contributed by atoms with E-state index in [1.807, 2.05) is 0 Å². The third-order valence-electron chi connectivity index (χ3n) is 0.915. The van der Waals surface area contributed by atoms with E-state index in [2.05, 4.69) is 9.97 Å². The van der Waals surface area contributed by atoms with Crippen molar-refractivity contribution in [2.75, 3.05) is 5.75 Å². The summed E-state index contributed by atoms with van der Waals surface area (Å²) in [5, 5.41) is 7.75. The zero-order chi connectivity index (χ0) is 8.10. The van der Waals surface area contributed by atoms with Crippen LogP contribution in [0.3, 0.4) is 0 Å². The van der Waals surface area contributed by atoms with E-state index < -0.39 is 0 Å². The van der Waals surface area contributed by atoms with Gasteiger partial charge in [-0.2, -0.15) is 0 Å². The van der Waals surface area contributed by atoms with E-state index >= 15 is 0 Å². The molecule has 0 spiro atoms. The van der Waals surface area contributed by atoms with Crippen molar-refractivity contribution in [2.24, 2.45) is 5.73 Å². The Morgan fingerprint density at radius 1 is 1.64 bits per heavy atom. The van der Waals surface area contributed by atoms with Crippen LogP contribution in [0.4, 0.5) is 0 Å². The topological polar surface area (TPSA) is 75.7 Å². The van der Waals surface area contributed by atoms with Gasteiger partial charge in [0, 0.05) is 12.4 Å². The van der Waals surface area contributed by atoms with E-state index in [9.17, 15) is 0 Å². The van der Waals surface area contributed by atoms with Crippen LogP contribution in [0.2, 0.25) is 0 Å². The van der Waals surface area contributed by atoms with Crippen molar-refractivity contribution in [1.82, 2.24) is 9.97 Å². The first-order valence-electron chi connectivity index (χ1n) is 3.01. The molecule has 58 valence electrons. The predicted molar refractivity (Wildman–Crippen MR) is 44.7 cm³/mol. The molecule has 3 N–H and O–H groups in total. The highest BCUT2D eigenvalue weighted by Gasteiger charge is 1.94. The Morgan fingerprint density at radius 2 is 2.45 bits per heavy atom. The summed E-state index contributed by atoms with van der Waals surface area (Å²) in [5.41, 5.74) is 5.15. The molecule has 1 aromatic rings. The number of nitrogens with two attached hydrogens (primary N) is 1. The Bertz CT molecular complexity index is 236. The average molecular weight is 168 g/mol. The lowest BCUT2D eigenvalue weighted by molar-refractivity contribution is 1.06. The maximum Gasteiger partial charge on any atom is 0.115 e. The number of aromatic nitrogens is 2. The fourth-order valence-corrected chi connectivity index (χ4v) is 1.09. The van der Waals surface area contributed by atoms with Gasteiger partial charge in [-0.25, -0.2) is 4.98 Å². The van der Waals surface area contributed by atoms with Gasteiger partial charge in [0.1, 0.15) is 10.9 Å². The fraction of sp³-hybridized carbons (Fsp3) is 0.167. The van der Waals surface area contributed by atoms with Crippen molar-refractivity contribution in [3.05, 3.63) is 18.6 Å². The van der Waals surface area contributed by atoms with Crippen LogP contribution in [0.15, 0.2) is 23.6 Å². The van der Waals surface area contributed by atoms with Gasteiger partial charge < -0.3 is 5.73 Å². The second-order valence-corrected chi connectivity index (χ2v) is 2.85. The van der Waals surface area contributed by atoms with Crippen molar-refractivity contribution < 1.29 is 0 Å². The quantitative estimate of drug-likeness (QED) is 0.391. The number of nitrogens with zero attached hydrogens (tertiary/aromatic N) is 2. The molecule has 11 heavy (non-hydrogen) atoms. The first-order valence-corrected chi connectivity index (χ1v) is 3.99. The monoisotopic (exact) mass is 168 g/mol. The van der Waals surface area contributed by atoms with Gasteiger partial charge in [-0.3, -0.25) is 10.4 Å². The Balaban J connectivity index is 2.45. The van der Waals surface area contributed by atoms with E-state index in [1.165, 1.54) is 11.8 Å². The van der Waals surface area contributed by atoms with Gasteiger partial charge in [0.25, 0.3) is 0 Å². The van der Waals surface area contributed by atoms with E-state index in [4.69, 9.17) is 11.1 Å². The smallest absolute Gasteiger partial charge is 0.115 e. The van der Waals surface area contributed by atoms with Gasteiger partial charge in [0.05, 0.1) is 11.9 Å². The predicted octanol–water partition coefficient (Wildman–Crippen LogP) is 0.505. The summed E-state index contributed by atoms with van der Waals surface area (Å²) in [4.78, 5) is 7.87. The lowest BCUT2D eigenvalue weighted by Gasteiger charge is -1.96. The average Bonchev–Trinajstić information content (AvgIpc) is 2.03. The summed E-state index contributed by atoms with van der Waals surface area (Å²) in [6, 6.07) is 0. The number of nitrogens with one attached hydrogen (secondary N) is 1. The van der Waals surface area contributed by atoms with Gasteiger partial charge in [-0.05, 0) is 0 Å². The number of thioether (sulfide) groups is 1. The molecule has 1 rings (SSSR count). The number of hydrogen-bond donors (Lipinski definition) is 2. The molecule has 1 aromatic heterocycles. The first kappa shape index (κ1) is 8.00. The van der Waals surface area contributed by atoms with Crippen molar-refractivity contribution >= 4 is 17.6 Å². The lowest BCUT2D eigenvalue weighted by Crippen LogP contribution is -2.12. The molecule has 1 heterocycles. The van der Waals surface area contributed by atoms with Crippen LogP contribution in [0.25, 0.3) is 0 Å². The Labute approximate surface area is 68.7 Å². The minimum atomic E-state index is 0.153. The summed E-state index contributed by atoms with van der Waals surface area (Å²) in [7, 11) is 0. The molecule has 0 aliphatic rings. The van der Waals surface area contributed by atoms with Crippen LogP contribution in [-0.4, -0.2) is 21.6 Å². The minimum Gasteiger partial charge on any atom is -0.387 e. The van der Waals surface area contributed by atoms with Gasteiger partial charge in [-0.1, -0.05) is 11.8 Å². The number of amidine groups is 1. The van der Waals surface area contributed by atoms with E-state index in [0.29, 0.717) is 5.75 Å². The molecule has 0 radical (unpaired) electrons. The maximum atomic E-state index is 6.95. The first-order chi connectivity index (χ1) is 5.29. The van der Waals surface area contributed by atoms with Crippen LogP contribution in [-0.2, 0) is 0 Å². The largest absolute Gasteiger partial charge is 0.387 e. The van der Waals surface area contributed by atoms with E-state index in [0.717, 1.165) is 5.03 Å². The summed E-state index contributed by atoms with van der Waals surface area (Å²) in [6.45, 7) is 0. The second kappa shape index (κ2) is 3.92. The normalized spacial score (nSPS) is 9.45. The van der Waals surface area contributed by atoms with Crippen LogP contribution >= 0.6 is 11.8 Å².